The van der Waals surface area contributed by atoms with Gasteiger partial charge >= 0.3 is 6.01 Å². The summed E-state index contributed by atoms with van der Waals surface area (Å²) < 4.78 is 10.9. The molecule has 1 amide bonds. The average Bonchev–Trinajstić information content (AvgIpc) is 2.81. The van der Waals surface area contributed by atoms with E-state index in [1.807, 2.05) is 54.6 Å². The van der Waals surface area contributed by atoms with E-state index in [1.165, 1.54) is 0 Å². The van der Waals surface area contributed by atoms with Crippen LogP contribution in [0.3, 0.4) is 0 Å². The van der Waals surface area contributed by atoms with Crippen molar-refractivity contribution in [3.63, 3.8) is 0 Å². The number of carbonyl (C=O) groups is 1. The van der Waals surface area contributed by atoms with Crippen molar-refractivity contribution in [1.82, 2.24) is 9.97 Å². The molecule has 1 N–H and O–H groups in total. The first kappa shape index (κ1) is 19.1. The van der Waals surface area contributed by atoms with Crippen LogP contribution in [0.15, 0.2) is 91.3 Å². The summed E-state index contributed by atoms with van der Waals surface area (Å²) in [7, 11) is 1.57. The highest BCUT2D eigenvalue weighted by atomic mass is 16.5. The van der Waals surface area contributed by atoms with Crippen molar-refractivity contribution in [3.8, 4) is 28.6 Å². The number of benzene rings is 3. The van der Waals surface area contributed by atoms with Gasteiger partial charge in [0.15, 0.2) is 0 Å². The Labute approximate surface area is 174 Å². The number of carbonyl (C=O) groups excluding carboxylic acids is 1. The molecule has 0 bridgehead atoms. The van der Waals surface area contributed by atoms with Crippen LogP contribution >= 0.6 is 0 Å². The normalized spacial score (nSPS) is 10.3. The summed E-state index contributed by atoms with van der Waals surface area (Å²) in [4.78, 5) is 21.2. The number of methoxy groups -OCH3 is 1. The minimum absolute atomic E-state index is 0.230. The lowest BCUT2D eigenvalue weighted by molar-refractivity contribution is 0.102. The van der Waals surface area contributed by atoms with Crippen molar-refractivity contribution in [2.75, 3.05) is 12.4 Å². The molecule has 0 aliphatic carbocycles. The molecule has 1 heterocycles. The van der Waals surface area contributed by atoms with Gasteiger partial charge in [0, 0.05) is 23.5 Å². The maximum atomic E-state index is 12.7. The molecule has 0 fully saturated rings. The highest BCUT2D eigenvalue weighted by molar-refractivity contribution is 6.05. The first-order valence-electron chi connectivity index (χ1n) is 9.33. The van der Waals surface area contributed by atoms with E-state index in [-0.39, 0.29) is 11.9 Å². The van der Waals surface area contributed by atoms with E-state index in [2.05, 4.69) is 15.3 Å². The summed E-state index contributed by atoms with van der Waals surface area (Å²) in [6.45, 7) is 0. The van der Waals surface area contributed by atoms with E-state index in [1.54, 1.807) is 43.8 Å². The zero-order chi connectivity index (χ0) is 20.8. The van der Waals surface area contributed by atoms with Gasteiger partial charge in [-0.3, -0.25) is 4.79 Å². The maximum Gasteiger partial charge on any atom is 0.321 e. The third kappa shape index (κ3) is 4.44. The summed E-state index contributed by atoms with van der Waals surface area (Å²) in [6.07, 6.45) is 3.34. The minimum atomic E-state index is -0.230. The third-order valence-corrected chi connectivity index (χ3v) is 4.39. The monoisotopic (exact) mass is 397 g/mol. The second kappa shape index (κ2) is 8.87. The van der Waals surface area contributed by atoms with E-state index >= 15 is 0 Å². The van der Waals surface area contributed by atoms with Gasteiger partial charge in [-0.2, -0.15) is 0 Å². The number of hydrogen-bond acceptors (Lipinski definition) is 5. The van der Waals surface area contributed by atoms with E-state index in [9.17, 15) is 4.79 Å². The third-order valence-electron chi connectivity index (χ3n) is 4.39. The fourth-order valence-electron chi connectivity index (χ4n) is 2.89. The van der Waals surface area contributed by atoms with Crippen LogP contribution in [0.25, 0.3) is 11.1 Å². The van der Waals surface area contributed by atoms with Crippen LogP contribution in [-0.4, -0.2) is 23.0 Å². The lowest BCUT2D eigenvalue weighted by Gasteiger charge is -2.10. The first-order chi connectivity index (χ1) is 14.7. The second-order valence-corrected chi connectivity index (χ2v) is 6.40. The zero-order valence-electron chi connectivity index (χ0n) is 16.3. The van der Waals surface area contributed by atoms with Crippen LogP contribution in [0.5, 0.6) is 17.5 Å². The van der Waals surface area contributed by atoms with Crippen LogP contribution < -0.4 is 14.8 Å². The largest absolute Gasteiger partial charge is 0.495 e. The van der Waals surface area contributed by atoms with E-state index in [4.69, 9.17) is 9.47 Å². The Kier molecular flexibility index (Phi) is 5.66. The van der Waals surface area contributed by atoms with Crippen LogP contribution in [0, 0.1) is 0 Å². The standard InChI is InChI=1S/C24H19N3O3/c1-29-22-13-6-5-12-21(22)27-23(28)18-9-7-8-17(14-18)19-15-25-24(26-16-19)30-20-10-3-2-4-11-20/h2-16H,1H3,(H,27,28). The molecule has 4 aromatic rings. The summed E-state index contributed by atoms with van der Waals surface area (Å²) >= 11 is 0. The molecule has 6 nitrogen and oxygen atoms in total. The number of rotatable bonds is 6. The molecule has 0 atom stereocenters. The van der Waals surface area contributed by atoms with Crippen molar-refractivity contribution in [3.05, 3.63) is 96.8 Å². The number of hydrogen-bond donors (Lipinski definition) is 1. The topological polar surface area (TPSA) is 73.3 Å². The number of ether oxygens (including phenoxy) is 2. The summed E-state index contributed by atoms with van der Waals surface area (Å²) in [5.41, 5.74) is 2.74. The average molecular weight is 397 g/mol. The van der Waals surface area contributed by atoms with Crippen LogP contribution in [0.1, 0.15) is 10.4 Å². The second-order valence-electron chi connectivity index (χ2n) is 6.40. The van der Waals surface area contributed by atoms with Gasteiger partial charge in [0.1, 0.15) is 11.5 Å². The van der Waals surface area contributed by atoms with Gasteiger partial charge in [0.25, 0.3) is 5.91 Å². The molecule has 0 saturated heterocycles. The van der Waals surface area contributed by atoms with Gasteiger partial charge in [0.2, 0.25) is 0 Å². The molecule has 0 saturated carbocycles. The van der Waals surface area contributed by atoms with E-state index < -0.39 is 0 Å². The van der Waals surface area contributed by atoms with Crippen LogP contribution in [0.4, 0.5) is 5.69 Å². The minimum Gasteiger partial charge on any atom is -0.495 e. The number of anilines is 1. The fraction of sp³-hybridized carbons (Fsp3) is 0.0417. The molecule has 0 aliphatic rings. The zero-order valence-corrected chi connectivity index (χ0v) is 16.3. The molecule has 0 radical (unpaired) electrons. The Morgan fingerprint density at radius 2 is 1.57 bits per heavy atom. The quantitative estimate of drug-likeness (QED) is 0.484. The van der Waals surface area contributed by atoms with Gasteiger partial charge in [-0.05, 0) is 42.0 Å². The Balaban J connectivity index is 1.51. The van der Waals surface area contributed by atoms with Crippen molar-refractivity contribution in [2.45, 2.75) is 0 Å². The number of aromatic nitrogens is 2. The molecular weight excluding hydrogens is 378 g/mol. The van der Waals surface area contributed by atoms with Gasteiger partial charge < -0.3 is 14.8 Å². The Bertz CT molecular complexity index is 1150. The Morgan fingerprint density at radius 3 is 2.33 bits per heavy atom. The summed E-state index contributed by atoms with van der Waals surface area (Å²) in [5, 5.41) is 2.88. The van der Waals surface area contributed by atoms with Crippen LogP contribution in [0.2, 0.25) is 0 Å². The SMILES string of the molecule is COc1ccccc1NC(=O)c1cccc(-c2cnc(Oc3ccccc3)nc2)c1. The fourth-order valence-corrected chi connectivity index (χ4v) is 2.89. The summed E-state index contributed by atoms with van der Waals surface area (Å²) in [6, 6.07) is 24.1. The molecule has 6 heteroatoms. The van der Waals surface area contributed by atoms with Gasteiger partial charge in [-0.25, -0.2) is 9.97 Å². The maximum absolute atomic E-state index is 12.7. The molecular formula is C24H19N3O3. The molecule has 1 aromatic heterocycles. The van der Waals surface area contributed by atoms with Crippen LogP contribution in [-0.2, 0) is 0 Å². The molecule has 4 rings (SSSR count). The number of para-hydroxylation sites is 3. The number of amides is 1. The highest BCUT2D eigenvalue weighted by Gasteiger charge is 2.11. The lowest BCUT2D eigenvalue weighted by atomic mass is 10.1. The summed E-state index contributed by atoms with van der Waals surface area (Å²) in [5.74, 6) is 1.04. The van der Waals surface area contributed by atoms with Gasteiger partial charge in [-0.1, -0.05) is 42.5 Å². The van der Waals surface area contributed by atoms with Crippen molar-refractivity contribution in [1.29, 1.82) is 0 Å². The predicted molar refractivity (Wildman–Crippen MR) is 115 cm³/mol. The van der Waals surface area contributed by atoms with Crippen molar-refractivity contribution < 1.29 is 14.3 Å². The molecule has 3 aromatic carbocycles. The number of nitrogens with one attached hydrogen (secondary N) is 1. The molecule has 0 spiro atoms. The van der Waals surface area contributed by atoms with E-state index in [0.29, 0.717) is 22.7 Å². The highest BCUT2D eigenvalue weighted by Crippen LogP contribution is 2.25. The van der Waals surface area contributed by atoms with E-state index in [0.717, 1.165) is 11.1 Å². The molecule has 30 heavy (non-hydrogen) atoms. The van der Waals surface area contributed by atoms with Gasteiger partial charge in [0.05, 0.1) is 12.8 Å². The van der Waals surface area contributed by atoms with Gasteiger partial charge in [-0.15, -0.1) is 0 Å². The Hall–Kier alpha value is -4.19. The molecule has 0 unspecified atom stereocenters. The number of nitrogens with zero attached hydrogens (tertiary/aromatic N) is 2. The molecule has 148 valence electrons. The predicted octanol–water partition coefficient (Wildman–Crippen LogP) is 5.20. The Morgan fingerprint density at radius 1 is 0.833 bits per heavy atom. The van der Waals surface area contributed by atoms with Crippen molar-refractivity contribution in [2.24, 2.45) is 0 Å². The molecule has 0 aliphatic heterocycles. The smallest absolute Gasteiger partial charge is 0.321 e. The lowest BCUT2D eigenvalue weighted by Crippen LogP contribution is -2.12. The first-order valence-corrected chi connectivity index (χ1v) is 9.33. The van der Waals surface area contributed by atoms with Crippen molar-refractivity contribution >= 4 is 11.6 Å².